The highest BCUT2D eigenvalue weighted by Gasteiger charge is 2.31. The molecule has 1 fully saturated rings. The third-order valence-corrected chi connectivity index (χ3v) is 3.03. The Morgan fingerprint density at radius 1 is 1.31 bits per heavy atom. The van der Waals surface area contributed by atoms with Crippen LogP contribution in [0.4, 0.5) is 11.6 Å². The summed E-state index contributed by atoms with van der Waals surface area (Å²) in [6.45, 7) is 0.344. The second kappa shape index (κ2) is 4.24. The maximum atomic E-state index is 11.5. The van der Waals surface area contributed by atoms with Gasteiger partial charge in [-0.3, -0.25) is 9.69 Å². The maximum Gasteiger partial charge on any atom is 0.235 e. The Hall–Kier alpha value is -0.780. The van der Waals surface area contributed by atoms with E-state index in [1.165, 1.54) is 4.90 Å². The van der Waals surface area contributed by atoms with Gasteiger partial charge < -0.3 is 5.73 Å². The van der Waals surface area contributed by atoms with E-state index in [1.54, 1.807) is 0 Å². The number of nitrogen functional groups attached to an aromatic ring is 1. The third-order valence-electron chi connectivity index (χ3n) is 2.16. The topological polar surface area (TPSA) is 72.1 Å². The van der Waals surface area contributed by atoms with E-state index in [0.717, 1.165) is 0 Å². The molecule has 8 heteroatoms. The molecule has 1 unspecified atom stereocenters. The van der Waals surface area contributed by atoms with Gasteiger partial charge >= 0.3 is 0 Å². The average molecular weight is 282 g/mol. The summed E-state index contributed by atoms with van der Waals surface area (Å²) in [5, 5.41) is -0.187. The van der Waals surface area contributed by atoms with E-state index >= 15 is 0 Å². The van der Waals surface area contributed by atoms with Gasteiger partial charge in [0.05, 0.1) is 5.38 Å². The van der Waals surface area contributed by atoms with Gasteiger partial charge in [-0.25, -0.2) is 0 Å². The quantitative estimate of drug-likeness (QED) is 0.628. The Labute approximate surface area is 106 Å². The minimum Gasteiger partial charge on any atom is -0.394 e. The molecule has 86 valence electrons. The molecule has 2 heterocycles. The van der Waals surface area contributed by atoms with Crippen LogP contribution in [0, 0.1) is 0 Å². The lowest BCUT2D eigenvalue weighted by Gasteiger charge is -2.14. The molecule has 2 rings (SSSR count). The minimum absolute atomic E-state index is 0.0285. The fraction of sp³-hybridized carbons (Fsp3) is 0.375. The highest BCUT2D eigenvalue weighted by molar-refractivity contribution is 6.37. The van der Waals surface area contributed by atoms with Crippen molar-refractivity contribution in [1.29, 1.82) is 0 Å². The van der Waals surface area contributed by atoms with Crippen molar-refractivity contribution in [3.63, 3.8) is 0 Å². The van der Waals surface area contributed by atoms with Crippen LogP contribution in [-0.2, 0) is 4.79 Å². The fourth-order valence-electron chi connectivity index (χ4n) is 1.38. The second-order valence-electron chi connectivity index (χ2n) is 3.32. The van der Waals surface area contributed by atoms with Crippen LogP contribution in [-0.4, -0.2) is 27.8 Å². The lowest BCUT2D eigenvalue weighted by Crippen LogP contribution is -2.27. The summed E-state index contributed by atoms with van der Waals surface area (Å²) in [7, 11) is 0. The van der Waals surface area contributed by atoms with Crippen LogP contribution in [0.1, 0.15) is 6.42 Å². The molecule has 5 nitrogen and oxygen atoms in total. The van der Waals surface area contributed by atoms with Gasteiger partial charge in [0, 0.05) is 13.0 Å². The summed E-state index contributed by atoms with van der Waals surface area (Å²) in [5.74, 6) is -0.0192. The van der Waals surface area contributed by atoms with Gasteiger partial charge in [0.2, 0.25) is 11.9 Å². The number of hydrogen-bond donors (Lipinski definition) is 1. The molecule has 16 heavy (non-hydrogen) atoms. The van der Waals surface area contributed by atoms with Gasteiger partial charge in [-0.05, 0) is 0 Å². The zero-order valence-electron chi connectivity index (χ0n) is 7.95. The predicted molar refractivity (Wildman–Crippen MR) is 63.1 cm³/mol. The Balaban J connectivity index is 2.38. The van der Waals surface area contributed by atoms with Crippen LogP contribution in [0.3, 0.4) is 0 Å². The molecule has 0 radical (unpaired) electrons. The molecular weight excluding hydrogens is 274 g/mol. The highest BCUT2D eigenvalue weighted by Crippen LogP contribution is 2.28. The van der Waals surface area contributed by atoms with Crippen molar-refractivity contribution in [2.24, 2.45) is 0 Å². The van der Waals surface area contributed by atoms with E-state index in [4.69, 9.17) is 40.5 Å². The number of halogens is 3. The smallest absolute Gasteiger partial charge is 0.235 e. The van der Waals surface area contributed by atoms with Crippen LogP contribution in [0.25, 0.3) is 0 Å². The molecule has 0 saturated carbocycles. The molecule has 1 aromatic heterocycles. The molecule has 0 bridgehead atoms. The number of carbonyl (C=O) groups excluding carboxylic acids is 1. The molecule has 1 saturated heterocycles. The Kier molecular flexibility index (Phi) is 3.10. The highest BCUT2D eigenvalue weighted by atomic mass is 35.5. The van der Waals surface area contributed by atoms with Crippen molar-refractivity contribution in [3.8, 4) is 0 Å². The Morgan fingerprint density at radius 3 is 2.31 bits per heavy atom. The van der Waals surface area contributed by atoms with Crippen LogP contribution in [0.15, 0.2) is 0 Å². The first-order valence-corrected chi connectivity index (χ1v) is 5.61. The molecule has 0 aromatic carbocycles. The normalized spacial score (nSPS) is 20.6. The number of nitrogens with two attached hydrogens (primary N) is 1. The number of amides is 1. The number of aromatic nitrogens is 2. The van der Waals surface area contributed by atoms with Crippen LogP contribution in [0.2, 0.25) is 10.3 Å². The van der Waals surface area contributed by atoms with Gasteiger partial charge in [-0.1, -0.05) is 23.2 Å². The monoisotopic (exact) mass is 280 g/mol. The molecule has 2 N–H and O–H groups in total. The van der Waals surface area contributed by atoms with Gasteiger partial charge in [0.1, 0.15) is 5.69 Å². The van der Waals surface area contributed by atoms with Gasteiger partial charge in [0.15, 0.2) is 10.3 Å². The number of anilines is 2. The molecule has 1 atom stereocenters. The summed E-state index contributed by atoms with van der Waals surface area (Å²) in [6, 6.07) is 0. The molecule has 1 aromatic rings. The first-order valence-electron chi connectivity index (χ1n) is 4.42. The summed E-state index contributed by atoms with van der Waals surface area (Å²) < 4.78 is 0. The molecule has 1 aliphatic heterocycles. The van der Waals surface area contributed by atoms with Crippen LogP contribution in [0.5, 0.6) is 0 Å². The first-order chi connectivity index (χ1) is 7.49. The van der Waals surface area contributed by atoms with Crippen molar-refractivity contribution in [2.75, 3.05) is 17.2 Å². The number of alkyl halides is 1. The summed E-state index contributed by atoms with van der Waals surface area (Å²) in [5.41, 5.74) is 5.59. The van der Waals surface area contributed by atoms with Gasteiger partial charge in [0.25, 0.3) is 0 Å². The zero-order chi connectivity index (χ0) is 11.9. The van der Waals surface area contributed by atoms with Crippen molar-refractivity contribution in [2.45, 2.75) is 11.8 Å². The van der Waals surface area contributed by atoms with E-state index < -0.39 is 0 Å². The fourth-order valence-corrected chi connectivity index (χ4v) is 2.03. The predicted octanol–water partition coefficient (Wildman–Crippen LogP) is 1.71. The number of nitrogens with zero attached hydrogens (tertiary/aromatic N) is 3. The molecule has 0 aliphatic carbocycles. The number of hydrogen-bond acceptors (Lipinski definition) is 4. The minimum atomic E-state index is -0.244. The summed E-state index contributed by atoms with van der Waals surface area (Å²) in [4.78, 5) is 20.7. The summed E-state index contributed by atoms with van der Waals surface area (Å²) in [6.07, 6.45) is 0.254. The lowest BCUT2D eigenvalue weighted by molar-refractivity contribution is -0.117. The SMILES string of the molecule is Nc1c(Cl)nc(N2CC(Cl)CC2=O)nc1Cl. The third kappa shape index (κ3) is 2.03. The first kappa shape index (κ1) is 11.7. The largest absolute Gasteiger partial charge is 0.394 e. The van der Waals surface area contributed by atoms with Crippen molar-refractivity contribution in [3.05, 3.63) is 10.3 Å². The summed E-state index contributed by atoms with van der Waals surface area (Å²) >= 11 is 17.4. The van der Waals surface area contributed by atoms with Crippen molar-refractivity contribution in [1.82, 2.24) is 9.97 Å². The zero-order valence-corrected chi connectivity index (χ0v) is 10.2. The van der Waals surface area contributed by atoms with E-state index in [-0.39, 0.29) is 39.6 Å². The molecule has 0 spiro atoms. The molecule has 1 aliphatic rings. The maximum absolute atomic E-state index is 11.5. The lowest BCUT2D eigenvalue weighted by atomic mass is 10.4. The molecular formula is C8H7Cl3N4O. The number of rotatable bonds is 1. The van der Waals surface area contributed by atoms with Crippen molar-refractivity contribution >= 4 is 52.3 Å². The van der Waals surface area contributed by atoms with Crippen LogP contribution >= 0.6 is 34.8 Å². The van der Waals surface area contributed by atoms with E-state index in [2.05, 4.69) is 9.97 Å². The van der Waals surface area contributed by atoms with E-state index in [1.807, 2.05) is 0 Å². The van der Waals surface area contributed by atoms with Gasteiger partial charge in [-0.15, -0.1) is 11.6 Å². The molecule has 1 amide bonds. The van der Waals surface area contributed by atoms with E-state index in [0.29, 0.717) is 6.54 Å². The average Bonchev–Trinajstić information content (AvgIpc) is 2.53. The van der Waals surface area contributed by atoms with Crippen molar-refractivity contribution < 1.29 is 4.79 Å². The Morgan fingerprint density at radius 2 is 1.88 bits per heavy atom. The van der Waals surface area contributed by atoms with Crippen LogP contribution < -0.4 is 10.6 Å². The number of carbonyl (C=O) groups is 1. The van der Waals surface area contributed by atoms with E-state index in [9.17, 15) is 4.79 Å². The second-order valence-corrected chi connectivity index (χ2v) is 4.66. The standard InChI is InChI=1S/C8H7Cl3N4O/c9-3-1-4(16)15(2-3)8-13-6(10)5(12)7(11)14-8/h3H,1-2,12H2. The van der Waals surface area contributed by atoms with Gasteiger partial charge in [-0.2, -0.15) is 9.97 Å². The Bertz CT molecular complexity index is 430.